The Morgan fingerprint density at radius 2 is 2.18 bits per heavy atom. The summed E-state index contributed by atoms with van der Waals surface area (Å²) >= 11 is 5.88. The molecule has 0 aliphatic rings. The van der Waals surface area contributed by atoms with Crippen LogP contribution in [0.15, 0.2) is 18.2 Å². The molecule has 3 nitrogen and oxygen atoms in total. The maximum atomic E-state index is 12.0. The van der Waals surface area contributed by atoms with Crippen LogP contribution in [0.2, 0.25) is 5.02 Å². The summed E-state index contributed by atoms with van der Waals surface area (Å²) in [6.45, 7) is 0.0440. The molecule has 0 bridgehead atoms. The quantitative estimate of drug-likeness (QED) is 0.851. The van der Waals surface area contributed by atoms with E-state index in [4.69, 9.17) is 22.0 Å². The van der Waals surface area contributed by atoms with Gasteiger partial charge in [0.15, 0.2) is 0 Å². The fraction of sp³-hybridized carbons (Fsp3) is 0.364. The molecule has 0 heterocycles. The van der Waals surface area contributed by atoms with Gasteiger partial charge in [-0.3, -0.25) is 0 Å². The number of aliphatic hydroxyl groups excluding tert-OH is 1. The first-order valence-corrected chi connectivity index (χ1v) is 5.28. The number of hydrogen-bond acceptors (Lipinski definition) is 3. The van der Waals surface area contributed by atoms with E-state index in [-0.39, 0.29) is 13.1 Å². The lowest BCUT2D eigenvalue weighted by molar-refractivity contribution is -0.00340. The van der Waals surface area contributed by atoms with Gasteiger partial charge < -0.3 is 10.4 Å². The lowest BCUT2D eigenvalue weighted by atomic mass is 10.1. The van der Waals surface area contributed by atoms with E-state index >= 15 is 0 Å². The van der Waals surface area contributed by atoms with Gasteiger partial charge in [0.05, 0.1) is 11.6 Å². The second kappa shape index (κ2) is 6.50. The molecule has 0 saturated heterocycles. The maximum Gasteiger partial charge on any atom is 0.265 e. The van der Waals surface area contributed by atoms with Gasteiger partial charge in [0.1, 0.15) is 6.10 Å². The Hall–Kier alpha value is -1.22. The van der Waals surface area contributed by atoms with E-state index in [1.54, 1.807) is 12.1 Å². The molecule has 2 N–H and O–H groups in total. The normalized spacial score (nSPS) is 12.5. The highest BCUT2D eigenvalue weighted by atomic mass is 35.5. The standard InChI is InChI=1S/C11H11ClF2N2O/c12-9-3-7(4-15)1-2-8(9)5-16-6-10(17)11(13)14/h1-3,10-11,16-17H,5-6H2. The Balaban J connectivity index is 2.50. The van der Waals surface area contributed by atoms with E-state index in [0.29, 0.717) is 16.1 Å². The lowest BCUT2D eigenvalue weighted by Gasteiger charge is -2.11. The molecule has 0 radical (unpaired) electrons. The first-order chi connectivity index (χ1) is 8.04. The molecular weight excluding hydrogens is 250 g/mol. The average Bonchev–Trinajstić information content (AvgIpc) is 2.30. The molecule has 0 fully saturated rings. The number of alkyl halides is 2. The molecular formula is C11H11ClF2N2O. The first-order valence-electron chi connectivity index (χ1n) is 4.90. The molecule has 0 spiro atoms. The Kier molecular flexibility index (Phi) is 5.29. The molecule has 0 amide bonds. The third kappa shape index (κ3) is 4.27. The van der Waals surface area contributed by atoms with Crippen molar-refractivity contribution >= 4 is 11.6 Å². The van der Waals surface area contributed by atoms with Crippen LogP contribution >= 0.6 is 11.6 Å². The average molecular weight is 261 g/mol. The van der Waals surface area contributed by atoms with Crippen LogP contribution in [0, 0.1) is 11.3 Å². The molecule has 0 aliphatic heterocycles. The van der Waals surface area contributed by atoms with Crippen molar-refractivity contribution in [3.63, 3.8) is 0 Å². The highest BCUT2D eigenvalue weighted by Crippen LogP contribution is 2.17. The van der Waals surface area contributed by atoms with Gasteiger partial charge in [-0.2, -0.15) is 5.26 Å². The number of aliphatic hydroxyl groups is 1. The number of nitriles is 1. The van der Waals surface area contributed by atoms with Gasteiger partial charge in [-0.25, -0.2) is 8.78 Å². The summed E-state index contributed by atoms with van der Waals surface area (Å²) in [5.41, 5.74) is 1.12. The summed E-state index contributed by atoms with van der Waals surface area (Å²) in [6.07, 6.45) is -4.45. The predicted octanol–water partition coefficient (Wildman–Crippen LogP) is 1.93. The van der Waals surface area contributed by atoms with Gasteiger partial charge in [-0.05, 0) is 17.7 Å². The second-order valence-corrected chi connectivity index (χ2v) is 3.86. The van der Waals surface area contributed by atoms with Crippen molar-refractivity contribution in [2.75, 3.05) is 6.54 Å². The van der Waals surface area contributed by atoms with Gasteiger partial charge in [0.2, 0.25) is 0 Å². The van der Waals surface area contributed by atoms with E-state index in [1.807, 2.05) is 6.07 Å². The zero-order valence-corrected chi connectivity index (χ0v) is 9.59. The number of hydrogen-bond donors (Lipinski definition) is 2. The first kappa shape index (κ1) is 13.8. The topological polar surface area (TPSA) is 56.0 Å². The number of rotatable bonds is 5. The fourth-order valence-corrected chi connectivity index (χ4v) is 1.45. The molecule has 1 aromatic carbocycles. The van der Waals surface area contributed by atoms with Gasteiger partial charge in [0, 0.05) is 18.1 Å². The minimum absolute atomic E-state index is 0.214. The Bertz CT molecular complexity index is 420. The molecule has 0 aromatic heterocycles. The van der Waals surface area contributed by atoms with Crippen LogP contribution in [0.5, 0.6) is 0 Å². The highest BCUT2D eigenvalue weighted by molar-refractivity contribution is 6.31. The van der Waals surface area contributed by atoms with Gasteiger partial charge in [-0.15, -0.1) is 0 Å². The number of nitrogens with one attached hydrogen (secondary N) is 1. The summed E-state index contributed by atoms with van der Waals surface area (Å²) in [4.78, 5) is 0. The maximum absolute atomic E-state index is 12.0. The largest absolute Gasteiger partial charge is 0.386 e. The zero-order valence-electron chi connectivity index (χ0n) is 8.83. The van der Waals surface area contributed by atoms with Gasteiger partial charge in [0.25, 0.3) is 6.43 Å². The highest BCUT2D eigenvalue weighted by Gasteiger charge is 2.15. The van der Waals surface area contributed by atoms with E-state index in [1.165, 1.54) is 6.07 Å². The van der Waals surface area contributed by atoms with Gasteiger partial charge >= 0.3 is 0 Å². The smallest absolute Gasteiger partial charge is 0.265 e. The van der Waals surface area contributed by atoms with Crippen molar-refractivity contribution in [3.05, 3.63) is 34.3 Å². The Morgan fingerprint density at radius 3 is 2.71 bits per heavy atom. The molecule has 6 heteroatoms. The molecule has 0 saturated carbocycles. The van der Waals surface area contributed by atoms with Crippen LogP contribution in [0.25, 0.3) is 0 Å². The predicted molar refractivity (Wildman–Crippen MR) is 59.9 cm³/mol. The third-order valence-corrected chi connectivity index (χ3v) is 2.49. The zero-order chi connectivity index (χ0) is 12.8. The summed E-state index contributed by atoms with van der Waals surface area (Å²) in [5, 5.41) is 20.5. The number of halogens is 3. The summed E-state index contributed by atoms with van der Waals surface area (Å²) < 4.78 is 24.0. The van der Waals surface area contributed by atoms with Crippen LogP contribution in [-0.4, -0.2) is 24.2 Å². The minimum atomic E-state index is -2.76. The van der Waals surface area contributed by atoms with Crippen molar-refractivity contribution in [1.82, 2.24) is 5.32 Å². The SMILES string of the molecule is N#Cc1ccc(CNCC(O)C(F)F)c(Cl)c1. The summed E-state index contributed by atoms with van der Waals surface area (Å²) in [5.74, 6) is 0. The van der Waals surface area contributed by atoms with E-state index in [9.17, 15) is 8.78 Å². The van der Waals surface area contributed by atoms with E-state index < -0.39 is 12.5 Å². The Labute approximate surface area is 103 Å². The van der Waals surface area contributed by atoms with Crippen LogP contribution in [0.3, 0.4) is 0 Å². The minimum Gasteiger partial charge on any atom is -0.386 e. The van der Waals surface area contributed by atoms with Crippen molar-refractivity contribution < 1.29 is 13.9 Å². The van der Waals surface area contributed by atoms with Crippen molar-refractivity contribution in [1.29, 1.82) is 5.26 Å². The third-order valence-electron chi connectivity index (χ3n) is 2.14. The van der Waals surface area contributed by atoms with Crippen molar-refractivity contribution in [2.24, 2.45) is 0 Å². The van der Waals surface area contributed by atoms with Crippen LogP contribution in [0.1, 0.15) is 11.1 Å². The molecule has 0 aliphatic carbocycles. The summed E-state index contributed by atoms with van der Waals surface area (Å²) in [6, 6.07) is 6.67. The summed E-state index contributed by atoms with van der Waals surface area (Å²) in [7, 11) is 0. The number of benzene rings is 1. The van der Waals surface area contributed by atoms with Crippen LogP contribution in [0.4, 0.5) is 8.78 Å². The lowest BCUT2D eigenvalue weighted by Crippen LogP contribution is -2.31. The molecule has 1 rings (SSSR count). The van der Waals surface area contributed by atoms with E-state index in [2.05, 4.69) is 5.32 Å². The molecule has 1 unspecified atom stereocenters. The van der Waals surface area contributed by atoms with Crippen LogP contribution in [-0.2, 0) is 6.54 Å². The monoisotopic (exact) mass is 260 g/mol. The van der Waals surface area contributed by atoms with E-state index in [0.717, 1.165) is 0 Å². The molecule has 17 heavy (non-hydrogen) atoms. The van der Waals surface area contributed by atoms with Gasteiger partial charge in [-0.1, -0.05) is 17.7 Å². The molecule has 1 atom stereocenters. The fourth-order valence-electron chi connectivity index (χ4n) is 1.20. The van der Waals surface area contributed by atoms with Crippen LogP contribution < -0.4 is 5.32 Å². The molecule has 1 aromatic rings. The second-order valence-electron chi connectivity index (χ2n) is 3.45. The Morgan fingerprint density at radius 1 is 1.47 bits per heavy atom. The van der Waals surface area contributed by atoms with Crippen molar-refractivity contribution in [2.45, 2.75) is 19.1 Å². The molecule has 92 valence electrons. The van der Waals surface area contributed by atoms with Crippen molar-refractivity contribution in [3.8, 4) is 6.07 Å². The number of nitrogens with zero attached hydrogens (tertiary/aromatic N) is 1.